The van der Waals surface area contributed by atoms with Crippen LogP contribution in [0.1, 0.15) is 0 Å². The zero-order chi connectivity index (χ0) is 0. The third kappa shape index (κ3) is 9.03. The second-order valence-corrected chi connectivity index (χ2v) is 0. The van der Waals surface area contributed by atoms with E-state index in [0.29, 0.717) is 0 Å². The normalized spacial score (nSPS) is 0. The maximum Gasteiger partial charge on any atom is 0 e. The Morgan fingerprint density at radius 1 is 1.00 bits per heavy atom. The van der Waals surface area contributed by atoms with E-state index in [1.807, 2.05) is 0 Å². The van der Waals surface area contributed by atoms with Crippen LogP contribution in [0.25, 0.3) is 0 Å². The first-order chi connectivity index (χ1) is 0. The van der Waals surface area contributed by atoms with Gasteiger partial charge in [-0.1, -0.05) is 0 Å². The molecule has 2 radical (unpaired) electrons. The topological polar surface area (TPSA) is 0 Å². The van der Waals surface area contributed by atoms with E-state index in [1.165, 1.54) is 0 Å². The molecule has 22 valence electrons. The quantitative estimate of drug-likeness (QED) is 0.311. The average molecular weight is 126 g/mol. The Morgan fingerprint density at radius 2 is 1.00 bits per heavy atom. The second-order valence-electron chi connectivity index (χ2n) is 0. The molecule has 0 aliphatic rings. The van der Waals surface area contributed by atoms with Crippen molar-refractivity contribution in [1.82, 2.24) is 0 Å². The van der Waals surface area contributed by atoms with E-state index < -0.39 is 0 Å². The molecular formula is H5LiPSV. The van der Waals surface area contributed by atoms with Gasteiger partial charge in [0.05, 0.1) is 0 Å². The van der Waals surface area contributed by atoms with Gasteiger partial charge in [-0.3, -0.25) is 0 Å². The summed E-state index contributed by atoms with van der Waals surface area (Å²) in [7, 11) is 0. The molecule has 1 atom stereocenters. The largest absolute Gasteiger partial charge is 0.197 e. The molecule has 0 amide bonds. The molecule has 0 fully saturated rings. The van der Waals surface area contributed by atoms with Crippen LogP contribution in [0.4, 0.5) is 0 Å². The Kier molecular flexibility index (Phi) is 193. The first-order valence-corrected chi connectivity index (χ1v) is 0. The van der Waals surface area contributed by atoms with Gasteiger partial charge in [-0.25, -0.2) is 0 Å². The molecular weight excluding hydrogens is 121 g/mol. The summed E-state index contributed by atoms with van der Waals surface area (Å²) < 4.78 is 0. The minimum absolute atomic E-state index is 0. The summed E-state index contributed by atoms with van der Waals surface area (Å²) in [6, 6.07) is 0. The van der Waals surface area contributed by atoms with Crippen molar-refractivity contribution in [2.24, 2.45) is 0 Å². The second kappa shape index (κ2) is 20.2. The van der Waals surface area contributed by atoms with E-state index in [0.717, 1.165) is 0 Å². The molecule has 0 nitrogen and oxygen atoms in total. The van der Waals surface area contributed by atoms with Crippen LogP contribution in [0.2, 0.25) is 0 Å². The molecule has 0 aliphatic carbocycles. The van der Waals surface area contributed by atoms with E-state index >= 15 is 0 Å². The van der Waals surface area contributed by atoms with Crippen LogP contribution in [0.15, 0.2) is 0 Å². The maximum atomic E-state index is 0. The summed E-state index contributed by atoms with van der Waals surface area (Å²) in [5.74, 6) is 0. The smallest absolute Gasteiger partial charge is 0 e. The standard InChI is InChI=1S/Li.H3P.H2S.V/h;1H3;1H2;. The maximum absolute atomic E-state index is 0. The molecule has 1 unspecified atom stereocenters. The fraction of sp³-hybridized carbons (Fsp3) is 0. The Balaban J connectivity index is 0. The van der Waals surface area contributed by atoms with Gasteiger partial charge in [0, 0.05) is 37.4 Å². The molecule has 0 aromatic carbocycles. The first-order valence-electron chi connectivity index (χ1n) is 0. The molecule has 4 heavy (non-hydrogen) atoms. The van der Waals surface area contributed by atoms with Crippen molar-refractivity contribution < 1.29 is 18.6 Å². The Labute approximate surface area is 60.6 Å². The van der Waals surface area contributed by atoms with Gasteiger partial charge in [0.2, 0.25) is 0 Å². The van der Waals surface area contributed by atoms with Crippen molar-refractivity contribution in [3.05, 3.63) is 0 Å². The summed E-state index contributed by atoms with van der Waals surface area (Å²) in [6.07, 6.45) is 0. The number of hydrogen-bond donors (Lipinski definition) is 0. The van der Waals surface area contributed by atoms with Gasteiger partial charge in [-0.2, -0.15) is 23.4 Å². The summed E-state index contributed by atoms with van der Waals surface area (Å²) >= 11 is 0. The van der Waals surface area contributed by atoms with Crippen LogP contribution in [-0.2, 0) is 18.6 Å². The van der Waals surface area contributed by atoms with E-state index in [1.54, 1.807) is 0 Å². The first kappa shape index (κ1) is 38.1. The van der Waals surface area contributed by atoms with E-state index in [2.05, 4.69) is 0 Å². The summed E-state index contributed by atoms with van der Waals surface area (Å²) in [5.41, 5.74) is 0. The minimum atomic E-state index is 0. The third-order valence-electron chi connectivity index (χ3n) is 0. The van der Waals surface area contributed by atoms with Crippen molar-refractivity contribution >= 4 is 42.3 Å². The Hall–Kier alpha value is 1.96. The molecule has 4 heteroatoms. The molecule has 0 saturated heterocycles. The molecule has 0 spiro atoms. The number of hydrogen-bond acceptors (Lipinski definition) is 0. The van der Waals surface area contributed by atoms with Crippen LogP contribution in [0.3, 0.4) is 0 Å². The van der Waals surface area contributed by atoms with Crippen LogP contribution in [0.5, 0.6) is 0 Å². The van der Waals surface area contributed by atoms with Gasteiger partial charge in [0.25, 0.3) is 0 Å². The Bertz CT molecular complexity index is 8.00. The molecule has 0 bridgehead atoms. The van der Waals surface area contributed by atoms with Crippen LogP contribution < -0.4 is 0 Å². The van der Waals surface area contributed by atoms with Crippen LogP contribution in [0, 0.1) is 0 Å². The van der Waals surface area contributed by atoms with Crippen molar-refractivity contribution in [2.75, 3.05) is 0 Å². The molecule has 0 N–H and O–H groups in total. The molecule has 0 aromatic rings. The molecule has 0 aliphatic heterocycles. The zero-order valence-electron chi connectivity index (χ0n) is 2.65. The van der Waals surface area contributed by atoms with Crippen LogP contribution in [-0.4, -0.2) is 18.9 Å². The summed E-state index contributed by atoms with van der Waals surface area (Å²) in [4.78, 5) is 0. The molecule has 0 heterocycles. The van der Waals surface area contributed by atoms with E-state index in [4.69, 9.17) is 0 Å². The SMILES string of the molecule is P.S.[Li].[V]. The summed E-state index contributed by atoms with van der Waals surface area (Å²) in [5, 5.41) is 0. The van der Waals surface area contributed by atoms with Gasteiger partial charge in [0.15, 0.2) is 0 Å². The minimum Gasteiger partial charge on any atom is -0.197 e. The molecule has 0 saturated carbocycles. The van der Waals surface area contributed by atoms with Gasteiger partial charge in [-0.15, -0.1) is 0 Å². The molecule has 0 rings (SSSR count). The van der Waals surface area contributed by atoms with E-state index in [-0.39, 0.29) is 60.8 Å². The van der Waals surface area contributed by atoms with Crippen molar-refractivity contribution in [2.45, 2.75) is 0 Å². The van der Waals surface area contributed by atoms with Crippen molar-refractivity contribution in [1.29, 1.82) is 0 Å². The van der Waals surface area contributed by atoms with E-state index in [9.17, 15) is 0 Å². The summed E-state index contributed by atoms with van der Waals surface area (Å²) in [6.45, 7) is 0. The molecule has 0 aromatic heterocycles. The van der Waals surface area contributed by atoms with Gasteiger partial charge in [-0.05, 0) is 0 Å². The third-order valence-corrected chi connectivity index (χ3v) is 0. The predicted molar refractivity (Wildman–Crippen MR) is 27.2 cm³/mol. The fourth-order valence-corrected chi connectivity index (χ4v) is 0. The Morgan fingerprint density at radius 3 is 1.00 bits per heavy atom. The number of rotatable bonds is 0. The van der Waals surface area contributed by atoms with Crippen LogP contribution >= 0.6 is 23.4 Å². The zero-order valence-corrected chi connectivity index (χ0v) is 6.47. The van der Waals surface area contributed by atoms with Gasteiger partial charge >= 0.3 is 0 Å². The fourth-order valence-electron chi connectivity index (χ4n) is 0. The van der Waals surface area contributed by atoms with Crippen molar-refractivity contribution in [3.8, 4) is 0 Å². The predicted octanol–water partition coefficient (Wildman–Crippen LogP) is -0.212. The monoisotopic (exact) mass is 126 g/mol. The average Bonchev–Trinajstić information content (AvgIpc) is 0. The van der Waals surface area contributed by atoms with Crippen molar-refractivity contribution in [3.63, 3.8) is 0 Å². The van der Waals surface area contributed by atoms with Gasteiger partial charge in [0.1, 0.15) is 0 Å². The van der Waals surface area contributed by atoms with Gasteiger partial charge < -0.3 is 0 Å².